The van der Waals surface area contributed by atoms with E-state index in [2.05, 4.69) is 10.4 Å². The van der Waals surface area contributed by atoms with Crippen LogP contribution in [0.4, 0.5) is 0 Å². The maximum absolute atomic E-state index is 12.7. The summed E-state index contributed by atoms with van der Waals surface area (Å²) in [4.78, 5) is 12.7. The number of hydrogen-bond donors (Lipinski definition) is 1. The van der Waals surface area contributed by atoms with E-state index < -0.39 is 0 Å². The number of nitrogens with one attached hydrogen (secondary N) is 1. The zero-order valence-corrected chi connectivity index (χ0v) is 16.5. The summed E-state index contributed by atoms with van der Waals surface area (Å²) in [6.45, 7) is 2.95. The lowest BCUT2D eigenvalue weighted by atomic mass is 10.1. The minimum atomic E-state index is -0.310. The number of hydrogen-bond acceptors (Lipinski definition) is 4. The van der Waals surface area contributed by atoms with Crippen molar-refractivity contribution in [3.63, 3.8) is 0 Å². The summed E-state index contributed by atoms with van der Waals surface area (Å²) in [5, 5.41) is 7.98. The number of halogens is 2. The first-order chi connectivity index (χ1) is 13.5. The molecule has 28 heavy (non-hydrogen) atoms. The first-order valence-corrected chi connectivity index (χ1v) is 9.47. The molecule has 0 unspecified atom stereocenters. The van der Waals surface area contributed by atoms with Gasteiger partial charge in [0.25, 0.3) is 5.91 Å². The second-order valence-electron chi connectivity index (χ2n) is 6.28. The molecule has 2 heterocycles. The summed E-state index contributed by atoms with van der Waals surface area (Å²) < 4.78 is 12.6. The lowest BCUT2D eigenvalue weighted by molar-refractivity contribution is 0.0950. The minimum Gasteiger partial charge on any atom is -0.486 e. The van der Waals surface area contributed by atoms with Gasteiger partial charge in [-0.15, -0.1) is 0 Å². The maximum atomic E-state index is 12.7. The van der Waals surface area contributed by atoms with Crippen LogP contribution in [-0.4, -0.2) is 28.9 Å². The number of carbonyl (C=O) groups is 1. The van der Waals surface area contributed by atoms with Crippen molar-refractivity contribution in [3.8, 4) is 17.2 Å². The molecule has 0 aliphatic carbocycles. The van der Waals surface area contributed by atoms with Gasteiger partial charge in [-0.1, -0.05) is 41.4 Å². The van der Waals surface area contributed by atoms with Gasteiger partial charge >= 0.3 is 0 Å². The SMILES string of the molecule is Cc1nn(-c2ccccc2)c(Cl)c1C(=O)NCc1cc(Cl)c2c(c1)OCCO2. The third kappa shape index (κ3) is 3.53. The molecule has 8 heteroatoms. The van der Waals surface area contributed by atoms with Gasteiger partial charge in [-0.25, -0.2) is 4.68 Å². The monoisotopic (exact) mass is 417 g/mol. The van der Waals surface area contributed by atoms with Gasteiger partial charge in [0.15, 0.2) is 11.5 Å². The van der Waals surface area contributed by atoms with Crippen molar-refractivity contribution in [3.05, 3.63) is 69.5 Å². The largest absolute Gasteiger partial charge is 0.486 e. The molecule has 2 aromatic carbocycles. The van der Waals surface area contributed by atoms with Gasteiger partial charge in [0.1, 0.15) is 18.4 Å². The summed E-state index contributed by atoms with van der Waals surface area (Å²) in [6, 6.07) is 13.0. The molecule has 0 radical (unpaired) electrons. The van der Waals surface area contributed by atoms with Crippen molar-refractivity contribution >= 4 is 29.1 Å². The summed E-state index contributed by atoms with van der Waals surface area (Å²) in [7, 11) is 0. The lowest BCUT2D eigenvalue weighted by Gasteiger charge is -2.20. The number of amides is 1. The van der Waals surface area contributed by atoms with E-state index in [0.717, 1.165) is 11.3 Å². The summed E-state index contributed by atoms with van der Waals surface area (Å²) >= 11 is 12.7. The zero-order chi connectivity index (χ0) is 19.7. The number of aromatic nitrogens is 2. The van der Waals surface area contributed by atoms with Gasteiger partial charge in [0.2, 0.25) is 0 Å². The van der Waals surface area contributed by atoms with Gasteiger partial charge in [-0.3, -0.25) is 4.79 Å². The fourth-order valence-electron chi connectivity index (χ4n) is 3.03. The van der Waals surface area contributed by atoms with E-state index in [9.17, 15) is 4.79 Å². The van der Waals surface area contributed by atoms with Crippen molar-refractivity contribution < 1.29 is 14.3 Å². The highest BCUT2D eigenvalue weighted by atomic mass is 35.5. The van der Waals surface area contributed by atoms with Crippen LogP contribution >= 0.6 is 23.2 Å². The van der Waals surface area contributed by atoms with Crippen LogP contribution in [0.3, 0.4) is 0 Å². The Morgan fingerprint density at radius 3 is 2.71 bits per heavy atom. The predicted molar refractivity (Wildman–Crippen MR) is 107 cm³/mol. The highest BCUT2D eigenvalue weighted by Crippen LogP contribution is 2.38. The number of carbonyl (C=O) groups excluding carboxylic acids is 1. The van der Waals surface area contributed by atoms with E-state index in [1.165, 1.54) is 0 Å². The van der Waals surface area contributed by atoms with Gasteiger partial charge < -0.3 is 14.8 Å². The van der Waals surface area contributed by atoms with Crippen molar-refractivity contribution in [2.45, 2.75) is 13.5 Å². The van der Waals surface area contributed by atoms with E-state index in [1.807, 2.05) is 36.4 Å². The molecular weight excluding hydrogens is 401 g/mol. The molecule has 1 N–H and O–H groups in total. The number of fused-ring (bicyclic) bond motifs is 1. The molecule has 0 spiro atoms. The Morgan fingerprint density at radius 2 is 1.93 bits per heavy atom. The van der Waals surface area contributed by atoms with E-state index in [-0.39, 0.29) is 17.6 Å². The molecule has 1 aromatic heterocycles. The quantitative estimate of drug-likeness (QED) is 0.690. The molecule has 0 atom stereocenters. The van der Waals surface area contributed by atoms with Crippen molar-refractivity contribution in [1.82, 2.24) is 15.1 Å². The van der Waals surface area contributed by atoms with E-state index in [0.29, 0.717) is 41.0 Å². The molecule has 6 nitrogen and oxygen atoms in total. The van der Waals surface area contributed by atoms with Gasteiger partial charge in [-0.2, -0.15) is 5.10 Å². The first-order valence-electron chi connectivity index (χ1n) is 8.71. The molecule has 0 saturated heterocycles. The van der Waals surface area contributed by atoms with Crippen LogP contribution in [0.5, 0.6) is 11.5 Å². The number of ether oxygens (including phenoxy) is 2. The molecule has 0 fully saturated rings. The minimum absolute atomic E-state index is 0.265. The molecule has 144 valence electrons. The summed E-state index contributed by atoms with van der Waals surface area (Å²) in [5.41, 5.74) is 2.47. The first kappa shape index (κ1) is 18.7. The predicted octanol–water partition coefficient (Wildman–Crippen LogP) is 4.19. The lowest BCUT2D eigenvalue weighted by Crippen LogP contribution is -2.24. The van der Waals surface area contributed by atoms with Crippen molar-refractivity contribution in [2.75, 3.05) is 13.2 Å². The number of nitrogens with zero attached hydrogens (tertiary/aromatic N) is 2. The maximum Gasteiger partial charge on any atom is 0.256 e. The molecule has 3 aromatic rings. The van der Waals surface area contributed by atoms with Crippen molar-refractivity contribution in [2.24, 2.45) is 0 Å². The van der Waals surface area contributed by atoms with Crippen LogP contribution in [0.25, 0.3) is 5.69 Å². The van der Waals surface area contributed by atoms with Crippen LogP contribution in [0.1, 0.15) is 21.6 Å². The standard InChI is InChI=1S/C20H17Cl2N3O3/c1-12-17(19(22)25(24-12)14-5-3-2-4-6-14)20(26)23-11-13-9-15(21)18-16(10-13)27-7-8-28-18/h2-6,9-10H,7-8,11H2,1H3,(H,23,26). The van der Waals surface area contributed by atoms with Crippen LogP contribution in [0, 0.1) is 6.92 Å². The Labute approximate surface area is 172 Å². The van der Waals surface area contributed by atoms with Gasteiger partial charge in [0.05, 0.1) is 22.0 Å². The average molecular weight is 418 g/mol. The van der Waals surface area contributed by atoms with Crippen LogP contribution in [0.2, 0.25) is 10.2 Å². The van der Waals surface area contributed by atoms with Crippen LogP contribution < -0.4 is 14.8 Å². The second kappa shape index (κ2) is 7.73. The highest BCUT2D eigenvalue weighted by Gasteiger charge is 2.22. The summed E-state index contributed by atoms with van der Waals surface area (Å²) in [6.07, 6.45) is 0. The second-order valence-corrected chi connectivity index (χ2v) is 7.05. The number of para-hydroxylation sites is 1. The fourth-order valence-corrected chi connectivity index (χ4v) is 3.68. The Kier molecular flexibility index (Phi) is 5.15. The number of aryl methyl sites for hydroxylation is 1. The molecular formula is C20H17Cl2N3O3. The normalized spacial score (nSPS) is 12.7. The van der Waals surface area contributed by atoms with E-state index >= 15 is 0 Å². The number of rotatable bonds is 4. The van der Waals surface area contributed by atoms with Crippen LogP contribution in [0.15, 0.2) is 42.5 Å². The Balaban J connectivity index is 1.54. The third-order valence-corrected chi connectivity index (χ3v) is 4.97. The fraction of sp³-hybridized carbons (Fsp3) is 0.200. The van der Waals surface area contributed by atoms with Gasteiger partial charge in [-0.05, 0) is 36.8 Å². The van der Waals surface area contributed by atoms with Crippen LogP contribution in [-0.2, 0) is 6.54 Å². The third-order valence-electron chi connectivity index (χ3n) is 4.34. The summed E-state index contributed by atoms with van der Waals surface area (Å²) in [5.74, 6) is 0.802. The zero-order valence-electron chi connectivity index (χ0n) is 15.0. The molecule has 1 aliphatic heterocycles. The van der Waals surface area contributed by atoms with Gasteiger partial charge in [0, 0.05) is 6.54 Å². The Hall–Kier alpha value is -2.70. The topological polar surface area (TPSA) is 65.4 Å². The van der Waals surface area contributed by atoms with E-state index in [1.54, 1.807) is 17.7 Å². The smallest absolute Gasteiger partial charge is 0.256 e. The highest BCUT2D eigenvalue weighted by molar-refractivity contribution is 6.33. The average Bonchev–Trinajstić information content (AvgIpc) is 3.01. The molecule has 0 saturated carbocycles. The molecule has 1 aliphatic rings. The Bertz CT molecular complexity index is 1030. The molecule has 1 amide bonds. The van der Waals surface area contributed by atoms with Crippen molar-refractivity contribution in [1.29, 1.82) is 0 Å². The molecule has 0 bridgehead atoms. The molecule has 4 rings (SSSR count). The van der Waals surface area contributed by atoms with E-state index in [4.69, 9.17) is 32.7 Å². The Morgan fingerprint density at radius 1 is 1.18 bits per heavy atom. The number of benzene rings is 2.